The molecular weight excluding hydrogens is 707 g/mol. The Morgan fingerprint density at radius 2 is 1.05 bits per heavy atom. The van der Waals surface area contributed by atoms with E-state index in [9.17, 15) is 0 Å². The minimum absolute atomic E-state index is 0.688. The van der Waals surface area contributed by atoms with Crippen molar-refractivity contribution in [3.05, 3.63) is 200 Å². The lowest BCUT2D eigenvalue weighted by molar-refractivity contribution is 0.669. The van der Waals surface area contributed by atoms with Gasteiger partial charge in [-0.3, -0.25) is 0 Å². The van der Waals surface area contributed by atoms with Crippen LogP contribution in [0.25, 0.3) is 116 Å². The van der Waals surface area contributed by atoms with Crippen LogP contribution >= 0.6 is 0 Å². The van der Waals surface area contributed by atoms with Crippen molar-refractivity contribution < 1.29 is 4.42 Å². The third kappa shape index (κ3) is 5.02. The molecule has 0 bridgehead atoms. The van der Waals surface area contributed by atoms with E-state index < -0.39 is 0 Å². The zero-order valence-electron chi connectivity index (χ0n) is 31.3. The van der Waals surface area contributed by atoms with Crippen molar-refractivity contribution in [1.29, 1.82) is 0 Å². The van der Waals surface area contributed by atoms with Crippen LogP contribution in [0.2, 0.25) is 0 Å². The Morgan fingerprint density at radius 3 is 1.88 bits per heavy atom. The maximum atomic E-state index is 6.74. The smallest absolute Gasteiger partial charge is 0.160 e. The standard InChI is InChI=1S/C54H33N3O/c1-4-15-34(16-5-1)45-33-46(56-54(55-45)35-17-6-2-7-18-35)41-24-14-26-49-51(41)43-28-27-37(32-50(43)58-49)44-31-36-19-10-11-22-39(36)52-40(44)29-30-48-53(52)42-23-12-13-25-47(42)57(48)38-20-8-3-9-21-38/h1-33H. The molecule has 12 aromatic rings. The van der Waals surface area contributed by atoms with Crippen molar-refractivity contribution in [3.8, 4) is 50.7 Å². The van der Waals surface area contributed by atoms with Crippen LogP contribution in [0, 0.1) is 0 Å². The number of para-hydroxylation sites is 2. The molecule has 4 nitrogen and oxygen atoms in total. The monoisotopic (exact) mass is 739 g/mol. The fraction of sp³-hybridized carbons (Fsp3) is 0. The Morgan fingerprint density at radius 1 is 0.362 bits per heavy atom. The maximum absolute atomic E-state index is 6.74. The van der Waals surface area contributed by atoms with E-state index in [1.165, 1.54) is 48.9 Å². The number of fused-ring (bicyclic) bond motifs is 10. The summed E-state index contributed by atoms with van der Waals surface area (Å²) in [5.74, 6) is 0.688. The average molecular weight is 740 g/mol. The highest BCUT2D eigenvalue weighted by molar-refractivity contribution is 6.30. The van der Waals surface area contributed by atoms with E-state index in [1.54, 1.807) is 0 Å². The molecule has 3 heterocycles. The molecule has 0 fully saturated rings. The molecule has 9 aromatic carbocycles. The molecule has 0 spiro atoms. The highest BCUT2D eigenvalue weighted by Crippen LogP contribution is 2.45. The Bertz CT molecular complexity index is 3490. The van der Waals surface area contributed by atoms with E-state index in [-0.39, 0.29) is 0 Å². The first kappa shape index (κ1) is 32.4. The van der Waals surface area contributed by atoms with Crippen molar-refractivity contribution in [2.75, 3.05) is 0 Å². The number of furan rings is 1. The molecule has 270 valence electrons. The third-order valence-corrected chi connectivity index (χ3v) is 11.6. The number of nitrogens with zero attached hydrogens (tertiary/aromatic N) is 3. The highest BCUT2D eigenvalue weighted by atomic mass is 16.3. The molecule has 0 N–H and O–H groups in total. The van der Waals surface area contributed by atoms with Crippen LogP contribution in [-0.4, -0.2) is 14.5 Å². The van der Waals surface area contributed by atoms with Crippen molar-refractivity contribution in [1.82, 2.24) is 14.5 Å². The van der Waals surface area contributed by atoms with Gasteiger partial charge in [-0.25, -0.2) is 9.97 Å². The van der Waals surface area contributed by atoms with E-state index in [0.717, 1.165) is 61.3 Å². The second kappa shape index (κ2) is 12.9. The third-order valence-electron chi connectivity index (χ3n) is 11.6. The quantitative estimate of drug-likeness (QED) is 0.165. The molecule has 0 radical (unpaired) electrons. The van der Waals surface area contributed by atoms with Crippen molar-refractivity contribution in [2.45, 2.75) is 0 Å². The summed E-state index contributed by atoms with van der Waals surface area (Å²) in [5.41, 5.74) is 12.2. The van der Waals surface area contributed by atoms with E-state index in [1.807, 2.05) is 36.4 Å². The van der Waals surface area contributed by atoms with Crippen LogP contribution in [0.4, 0.5) is 0 Å². The zero-order valence-corrected chi connectivity index (χ0v) is 31.3. The molecular formula is C54H33N3O. The van der Waals surface area contributed by atoms with Gasteiger partial charge in [-0.1, -0.05) is 146 Å². The largest absolute Gasteiger partial charge is 0.456 e. The second-order valence-electron chi connectivity index (χ2n) is 14.9. The lowest BCUT2D eigenvalue weighted by Gasteiger charge is -2.14. The minimum atomic E-state index is 0.688. The fourth-order valence-electron chi connectivity index (χ4n) is 9.01. The van der Waals surface area contributed by atoms with Gasteiger partial charge in [0, 0.05) is 49.3 Å². The Kier molecular flexibility index (Phi) is 7.20. The molecule has 4 heteroatoms. The SMILES string of the molecule is c1ccc(-c2cc(-c3cccc4oc5cc(-c6cc7ccccc7c7c6ccc6c7c7ccccc7n6-c6ccccc6)ccc5c34)nc(-c3ccccc3)n2)cc1. The molecule has 12 rings (SSSR count). The van der Waals surface area contributed by atoms with Gasteiger partial charge in [-0.15, -0.1) is 0 Å². The van der Waals surface area contributed by atoms with E-state index >= 15 is 0 Å². The van der Waals surface area contributed by atoms with Crippen molar-refractivity contribution >= 4 is 65.3 Å². The Labute approximate surface area is 333 Å². The number of benzene rings is 9. The first-order valence-electron chi connectivity index (χ1n) is 19.7. The summed E-state index contributed by atoms with van der Waals surface area (Å²) >= 11 is 0. The number of hydrogen-bond donors (Lipinski definition) is 0. The Balaban J connectivity index is 1.08. The predicted octanol–water partition coefficient (Wildman–Crippen LogP) is 14.4. The molecule has 0 unspecified atom stereocenters. The summed E-state index contributed by atoms with van der Waals surface area (Å²) in [6, 6.07) is 70.7. The molecule has 58 heavy (non-hydrogen) atoms. The molecule has 0 atom stereocenters. The van der Waals surface area contributed by atoms with Gasteiger partial charge in [0.15, 0.2) is 5.82 Å². The lowest BCUT2D eigenvalue weighted by atomic mass is 9.90. The van der Waals surface area contributed by atoms with Crippen LogP contribution in [0.1, 0.15) is 0 Å². The minimum Gasteiger partial charge on any atom is -0.456 e. The summed E-state index contributed by atoms with van der Waals surface area (Å²) in [6.45, 7) is 0. The van der Waals surface area contributed by atoms with Gasteiger partial charge in [0.25, 0.3) is 0 Å². The van der Waals surface area contributed by atoms with E-state index in [2.05, 4.69) is 168 Å². The van der Waals surface area contributed by atoms with E-state index in [0.29, 0.717) is 5.82 Å². The van der Waals surface area contributed by atoms with Gasteiger partial charge in [-0.05, 0) is 81.9 Å². The summed E-state index contributed by atoms with van der Waals surface area (Å²) in [7, 11) is 0. The second-order valence-corrected chi connectivity index (χ2v) is 14.9. The van der Waals surface area contributed by atoms with Crippen LogP contribution in [-0.2, 0) is 0 Å². The molecule has 0 aliphatic rings. The molecule has 0 saturated carbocycles. The van der Waals surface area contributed by atoms with Gasteiger partial charge in [0.1, 0.15) is 11.2 Å². The van der Waals surface area contributed by atoms with Gasteiger partial charge in [0.2, 0.25) is 0 Å². The number of aromatic nitrogens is 3. The number of hydrogen-bond acceptors (Lipinski definition) is 3. The fourth-order valence-corrected chi connectivity index (χ4v) is 9.01. The zero-order chi connectivity index (χ0) is 38.2. The normalized spacial score (nSPS) is 11.8. The predicted molar refractivity (Wildman–Crippen MR) is 240 cm³/mol. The molecule has 0 aliphatic heterocycles. The van der Waals surface area contributed by atoms with Crippen LogP contribution in [0.3, 0.4) is 0 Å². The molecule has 0 aliphatic carbocycles. The molecule has 0 amide bonds. The van der Waals surface area contributed by atoms with Crippen LogP contribution in [0.15, 0.2) is 205 Å². The number of rotatable bonds is 5. The topological polar surface area (TPSA) is 43.9 Å². The van der Waals surface area contributed by atoms with Crippen molar-refractivity contribution in [3.63, 3.8) is 0 Å². The summed E-state index contributed by atoms with van der Waals surface area (Å²) in [4.78, 5) is 10.2. The van der Waals surface area contributed by atoms with Crippen LogP contribution in [0.5, 0.6) is 0 Å². The summed E-state index contributed by atoms with van der Waals surface area (Å²) in [6.07, 6.45) is 0. The average Bonchev–Trinajstić information content (AvgIpc) is 3.85. The highest BCUT2D eigenvalue weighted by Gasteiger charge is 2.21. The first-order chi connectivity index (χ1) is 28.8. The van der Waals surface area contributed by atoms with Gasteiger partial charge >= 0.3 is 0 Å². The maximum Gasteiger partial charge on any atom is 0.160 e. The van der Waals surface area contributed by atoms with Crippen molar-refractivity contribution in [2.24, 2.45) is 0 Å². The summed E-state index contributed by atoms with van der Waals surface area (Å²) in [5, 5.41) is 9.51. The van der Waals surface area contributed by atoms with Gasteiger partial charge in [-0.2, -0.15) is 0 Å². The Hall–Kier alpha value is -7.82. The molecule has 0 saturated heterocycles. The lowest BCUT2D eigenvalue weighted by Crippen LogP contribution is -1.96. The molecule has 3 aromatic heterocycles. The van der Waals surface area contributed by atoms with Gasteiger partial charge in [0.05, 0.1) is 22.4 Å². The van der Waals surface area contributed by atoms with E-state index in [4.69, 9.17) is 14.4 Å². The summed E-state index contributed by atoms with van der Waals surface area (Å²) < 4.78 is 9.14. The van der Waals surface area contributed by atoms with Gasteiger partial charge < -0.3 is 8.98 Å². The van der Waals surface area contributed by atoms with Crippen LogP contribution < -0.4 is 0 Å². The first-order valence-corrected chi connectivity index (χ1v) is 19.7.